The van der Waals surface area contributed by atoms with E-state index in [4.69, 9.17) is 16.9 Å². The van der Waals surface area contributed by atoms with Crippen molar-refractivity contribution in [1.29, 1.82) is 5.26 Å². The van der Waals surface area contributed by atoms with Gasteiger partial charge in [0.15, 0.2) is 0 Å². The molecule has 0 saturated carbocycles. The average molecular weight is 148 g/mol. The minimum atomic E-state index is -1.36. The summed E-state index contributed by atoms with van der Waals surface area (Å²) >= 11 is 5.64. The molecule has 0 bridgehead atoms. The van der Waals surface area contributed by atoms with Gasteiger partial charge in [0.05, 0.1) is 14.1 Å². The van der Waals surface area contributed by atoms with E-state index < -0.39 is 8.07 Å². The zero-order valence-corrected chi connectivity index (χ0v) is 7.16. The van der Waals surface area contributed by atoms with Crippen LogP contribution in [0.25, 0.3) is 0 Å². The van der Waals surface area contributed by atoms with E-state index in [1.165, 1.54) is 0 Å². The number of nitriles is 1. The van der Waals surface area contributed by atoms with E-state index in [0.717, 1.165) is 0 Å². The summed E-state index contributed by atoms with van der Waals surface area (Å²) < 4.78 is 0. The maximum Gasteiger partial charge on any atom is 0.110 e. The third-order valence-electron chi connectivity index (χ3n) is 0.874. The van der Waals surface area contributed by atoms with Gasteiger partial charge in [0.25, 0.3) is 0 Å². The van der Waals surface area contributed by atoms with Crippen molar-refractivity contribution < 1.29 is 0 Å². The van der Waals surface area contributed by atoms with E-state index >= 15 is 0 Å². The van der Waals surface area contributed by atoms with Gasteiger partial charge >= 0.3 is 0 Å². The molecule has 0 aromatic heterocycles. The summed E-state index contributed by atoms with van der Waals surface area (Å²) in [5.74, 6) is 0. The molecular weight excluding hydrogens is 138 g/mol. The SMILES string of the molecule is C[Si](C)(C)C(Cl)C#N. The zero-order chi connectivity index (χ0) is 6.78. The molecule has 46 valence electrons. The second-order valence-corrected chi connectivity index (χ2v) is 8.97. The quantitative estimate of drug-likeness (QED) is 0.411. The molecule has 0 amide bonds. The average Bonchev–Trinajstić information content (AvgIpc) is 1.62. The highest BCUT2D eigenvalue weighted by atomic mass is 35.5. The largest absolute Gasteiger partial charge is 0.197 e. The molecule has 0 radical (unpaired) electrons. The Kier molecular flexibility index (Phi) is 2.52. The molecular formula is C5H10ClNSi. The van der Waals surface area contributed by atoms with Gasteiger partial charge in [0.2, 0.25) is 0 Å². The summed E-state index contributed by atoms with van der Waals surface area (Å²) in [6, 6.07) is 2.03. The van der Waals surface area contributed by atoms with Crippen LogP contribution in [0.1, 0.15) is 0 Å². The first kappa shape index (κ1) is 8.00. The number of hydrogen-bond donors (Lipinski definition) is 0. The normalized spacial score (nSPS) is 14.9. The molecule has 1 nitrogen and oxygen atoms in total. The minimum absolute atomic E-state index is 0.234. The van der Waals surface area contributed by atoms with E-state index in [0.29, 0.717) is 0 Å². The van der Waals surface area contributed by atoms with Crippen molar-refractivity contribution in [2.24, 2.45) is 0 Å². The van der Waals surface area contributed by atoms with Gasteiger partial charge in [-0.25, -0.2) is 0 Å². The van der Waals surface area contributed by atoms with Gasteiger partial charge < -0.3 is 0 Å². The highest BCUT2D eigenvalue weighted by Crippen LogP contribution is 2.11. The first-order valence-electron chi connectivity index (χ1n) is 2.52. The van der Waals surface area contributed by atoms with Crippen LogP contribution in [0.15, 0.2) is 0 Å². The minimum Gasteiger partial charge on any atom is -0.197 e. The fraction of sp³-hybridized carbons (Fsp3) is 0.800. The molecule has 0 rings (SSSR count). The van der Waals surface area contributed by atoms with Gasteiger partial charge in [-0.1, -0.05) is 19.6 Å². The van der Waals surface area contributed by atoms with Crippen molar-refractivity contribution in [2.45, 2.75) is 24.6 Å². The van der Waals surface area contributed by atoms with Crippen molar-refractivity contribution in [3.05, 3.63) is 0 Å². The first-order valence-corrected chi connectivity index (χ1v) is 6.53. The Morgan fingerprint density at radius 3 is 1.88 bits per heavy atom. The molecule has 3 heteroatoms. The first-order chi connectivity index (χ1) is 3.48. The van der Waals surface area contributed by atoms with E-state index in [1.807, 2.05) is 6.07 Å². The molecule has 0 aliphatic heterocycles. The summed E-state index contributed by atoms with van der Waals surface area (Å²) in [7, 11) is -1.36. The van der Waals surface area contributed by atoms with Crippen molar-refractivity contribution in [3.8, 4) is 6.07 Å². The van der Waals surface area contributed by atoms with Gasteiger partial charge in [-0.3, -0.25) is 0 Å². The molecule has 0 aromatic carbocycles. The summed E-state index contributed by atoms with van der Waals surface area (Å²) in [6.45, 7) is 6.23. The lowest BCUT2D eigenvalue weighted by Crippen LogP contribution is -2.32. The maximum atomic E-state index is 8.32. The molecule has 0 spiro atoms. The van der Waals surface area contributed by atoms with E-state index in [1.54, 1.807) is 0 Å². The maximum absolute atomic E-state index is 8.32. The Bertz CT molecular complexity index is 111. The lowest BCUT2D eigenvalue weighted by Gasteiger charge is -2.14. The summed E-state index contributed by atoms with van der Waals surface area (Å²) in [4.78, 5) is 0. The van der Waals surface area contributed by atoms with Gasteiger partial charge in [0.1, 0.15) is 5.00 Å². The molecule has 0 aliphatic carbocycles. The van der Waals surface area contributed by atoms with Crippen molar-refractivity contribution in [1.82, 2.24) is 0 Å². The van der Waals surface area contributed by atoms with Gasteiger partial charge in [0, 0.05) is 0 Å². The molecule has 1 atom stereocenters. The lowest BCUT2D eigenvalue weighted by molar-refractivity contribution is 1.38. The lowest BCUT2D eigenvalue weighted by atomic mass is 10.9. The van der Waals surface area contributed by atoms with Crippen LogP contribution in [0.3, 0.4) is 0 Å². The Labute approximate surface area is 56.3 Å². The van der Waals surface area contributed by atoms with Crippen LogP contribution < -0.4 is 0 Å². The highest BCUT2D eigenvalue weighted by molar-refractivity contribution is 6.84. The van der Waals surface area contributed by atoms with Crippen LogP contribution in [0, 0.1) is 11.3 Å². The molecule has 0 fully saturated rings. The van der Waals surface area contributed by atoms with Crippen LogP contribution >= 0.6 is 11.6 Å². The molecule has 0 aliphatic rings. The molecule has 1 unspecified atom stereocenters. The monoisotopic (exact) mass is 147 g/mol. The van der Waals surface area contributed by atoms with Crippen LogP contribution in [0.5, 0.6) is 0 Å². The Morgan fingerprint density at radius 1 is 1.50 bits per heavy atom. The summed E-state index contributed by atoms with van der Waals surface area (Å²) in [5, 5.41) is 8.09. The third-order valence-corrected chi connectivity index (χ3v) is 4.59. The fourth-order valence-corrected chi connectivity index (χ4v) is 0.581. The van der Waals surface area contributed by atoms with E-state index in [-0.39, 0.29) is 5.00 Å². The second kappa shape index (κ2) is 2.52. The third kappa shape index (κ3) is 2.34. The Hall–Kier alpha value is -0.00312. The topological polar surface area (TPSA) is 23.8 Å². The van der Waals surface area contributed by atoms with Crippen LogP contribution in [0.2, 0.25) is 19.6 Å². The number of nitrogens with zero attached hydrogens (tertiary/aromatic N) is 1. The van der Waals surface area contributed by atoms with Crippen LogP contribution in [-0.2, 0) is 0 Å². The predicted octanol–water partition coefficient (Wildman–Crippen LogP) is 1.99. The van der Waals surface area contributed by atoms with Crippen LogP contribution in [0.4, 0.5) is 0 Å². The Balaban J connectivity index is 3.87. The van der Waals surface area contributed by atoms with Gasteiger partial charge in [-0.2, -0.15) is 5.26 Å². The van der Waals surface area contributed by atoms with E-state index in [2.05, 4.69) is 19.6 Å². The van der Waals surface area contributed by atoms with Gasteiger partial charge in [-0.05, 0) is 0 Å². The second-order valence-electron chi connectivity index (χ2n) is 2.86. The summed E-state index contributed by atoms with van der Waals surface area (Å²) in [6.07, 6.45) is 0. The van der Waals surface area contributed by atoms with E-state index in [9.17, 15) is 0 Å². The number of hydrogen-bond acceptors (Lipinski definition) is 1. The molecule has 0 aromatic rings. The number of halogens is 1. The van der Waals surface area contributed by atoms with Crippen molar-refractivity contribution >= 4 is 19.7 Å². The molecule has 0 heterocycles. The number of rotatable bonds is 1. The smallest absolute Gasteiger partial charge is 0.110 e. The standard InChI is InChI=1S/C5H10ClNSi/c1-8(2,3)5(6)4-7/h5H,1-3H3. The van der Waals surface area contributed by atoms with Crippen molar-refractivity contribution in [3.63, 3.8) is 0 Å². The molecule has 8 heavy (non-hydrogen) atoms. The summed E-state index contributed by atoms with van der Waals surface area (Å²) in [5.41, 5.74) is 0. The molecule has 0 N–H and O–H groups in total. The fourth-order valence-electron chi connectivity index (χ4n) is 0.194. The zero-order valence-electron chi connectivity index (χ0n) is 5.40. The number of alkyl halides is 1. The Morgan fingerprint density at radius 2 is 1.88 bits per heavy atom. The highest BCUT2D eigenvalue weighted by Gasteiger charge is 2.23. The van der Waals surface area contributed by atoms with Crippen LogP contribution in [-0.4, -0.2) is 13.1 Å². The molecule has 0 saturated heterocycles. The predicted molar refractivity (Wildman–Crippen MR) is 38.6 cm³/mol. The van der Waals surface area contributed by atoms with Crippen molar-refractivity contribution in [2.75, 3.05) is 0 Å². The van der Waals surface area contributed by atoms with Gasteiger partial charge in [-0.15, -0.1) is 11.6 Å².